The van der Waals surface area contributed by atoms with Gasteiger partial charge < -0.3 is 5.73 Å². The molecule has 0 amide bonds. The highest BCUT2D eigenvalue weighted by atomic mass is 79.9. The summed E-state index contributed by atoms with van der Waals surface area (Å²) in [5.41, 5.74) is 7.72. The SMILES string of the molecule is Nc1c(Br)cc(C2CCCN=N2)cc1Br. The van der Waals surface area contributed by atoms with Crippen LogP contribution in [0.15, 0.2) is 31.3 Å². The zero-order valence-electron chi connectivity index (χ0n) is 8.08. The first-order valence-electron chi connectivity index (χ1n) is 4.79. The number of nitrogen functional groups attached to an aromatic ring is 1. The van der Waals surface area contributed by atoms with Gasteiger partial charge in [-0.15, -0.1) is 0 Å². The molecule has 5 heteroatoms. The molecule has 1 aromatic carbocycles. The lowest BCUT2D eigenvalue weighted by Crippen LogP contribution is -2.02. The second-order valence-electron chi connectivity index (χ2n) is 3.54. The van der Waals surface area contributed by atoms with Crippen LogP contribution in [0.4, 0.5) is 5.69 Å². The fraction of sp³-hybridized carbons (Fsp3) is 0.400. The van der Waals surface area contributed by atoms with Gasteiger partial charge in [-0.05, 0) is 62.4 Å². The highest BCUT2D eigenvalue weighted by molar-refractivity contribution is 9.11. The number of nitrogens with two attached hydrogens (primary N) is 1. The second kappa shape index (κ2) is 4.61. The molecule has 1 aliphatic rings. The first kappa shape index (κ1) is 11.1. The summed E-state index contributed by atoms with van der Waals surface area (Å²) in [5, 5.41) is 8.33. The lowest BCUT2D eigenvalue weighted by atomic mass is 10.0. The Morgan fingerprint density at radius 2 is 1.93 bits per heavy atom. The summed E-state index contributed by atoms with van der Waals surface area (Å²) >= 11 is 6.87. The Bertz CT molecular complexity index is 381. The normalized spacial score (nSPS) is 20.5. The van der Waals surface area contributed by atoms with Crippen LogP contribution in [-0.2, 0) is 0 Å². The molecule has 80 valence electrons. The van der Waals surface area contributed by atoms with E-state index in [0.29, 0.717) is 0 Å². The van der Waals surface area contributed by atoms with Crippen molar-refractivity contribution in [1.29, 1.82) is 0 Å². The smallest absolute Gasteiger partial charge is 0.0959 e. The van der Waals surface area contributed by atoms with Crippen molar-refractivity contribution in [1.82, 2.24) is 0 Å². The number of hydrogen-bond acceptors (Lipinski definition) is 3. The van der Waals surface area contributed by atoms with E-state index in [4.69, 9.17) is 5.73 Å². The van der Waals surface area contributed by atoms with E-state index in [9.17, 15) is 0 Å². The van der Waals surface area contributed by atoms with Gasteiger partial charge in [0, 0.05) is 8.95 Å². The highest BCUT2D eigenvalue weighted by Gasteiger charge is 2.15. The molecule has 0 aliphatic carbocycles. The van der Waals surface area contributed by atoms with Gasteiger partial charge in [-0.2, -0.15) is 10.2 Å². The number of halogens is 2. The average molecular weight is 333 g/mol. The minimum absolute atomic E-state index is 0.187. The Kier molecular flexibility index (Phi) is 3.41. The largest absolute Gasteiger partial charge is 0.397 e. The summed E-state index contributed by atoms with van der Waals surface area (Å²) in [5.74, 6) is 0. The van der Waals surface area contributed by atoms with E-state index in [-0.39, 0.29) is 6.04 Å². The number of benzene rings is 1. The van der Waals surface area contributed by atoms with Gasteiger partial charge in [-0.1, -0.05) is 0 Å². The van der Waals surface area contributed by atoms with Crippen LogP contribution in [-0.4, -0.2) is 6.54 Å². The van der Waals surface area contributed by atoms with Crippen LogP contribution < -0.4 is 5.73 Å². The quantitative estimate of drug-likeness (QED) is 0.774. The standard InChI is InChI=1S/C10H11Br2N3/c11-7-4-6(5-8(12)10(7)13)9-2-1-3-14-15-9/h4-5,9H,1-3,13H2. The minimum atomic E-state index is 0.187. The summed E-state index contributed by atoms with van der Waals surface area (Å²) in [6.07, 6.45) is 2.17. The molecule has 0 fully saturated rings. The predicted octanol–water partition coefficient (Wildman–Crippen LogP) is 4.08. The predicted molar refractivity (Wildman–Crippen MR) is 68.0 cm³/mol. The van der Waals surface area contributed by atoms with Crippen molar-refractivity contribution >= 4 is 37.5 Å². The molecule has 0 spiro atoms. The van der Waals surface area contributed by atoms with Crippen molar-refractivity contribution in [2.75, 3.05) is 12.3 Å². The third kappa shape index (κ3) is 2.39. The van der Waals surface area contributed by atoms with Crippen LogP contribution >= 0.6 is 31.9 Å². The number of anilines is 1. The van der Waals surface area contributed by atoms with Gasteiger partial charge in [-0.3, -0.25) is 0 Å². The van der Waals surface area contributed by atoms with Gasteiger partial charge in [0.25, 0.3) is 0 Å². The fourth-order valence-electron chi connectivity index (χ4n) is 1.60. The molecule has 1 heterocycles. The van der Waals surface area contributed by atoms with Crippen LogP contribution in [0.3, 0.4) is 0 Å². The van der Waals surface area contributed by atoms with E-state index in [0.717, 1.165) is 39.6 Å². The van der Waals surface area contributed by atoms with Crippen LogP contribution in [0.25, 0.3) is 0 Å². The molecule has 0 saturated carbocycles. The van der Waals surface area contributed by atoms with E-state index in [1.165, 1.54) is 0 Å². The molecule has 3 nitrogen and oxygen atoms in total. The Balaban J connectivity index is 2.36. The zero-order valence-corrected chi connectivity index (χ0v) is 11.3. The van der Waals surface area contributed by atoms with Crippen LogP contribution in [0.2, 0.25) is 0 Å². The first-order chi connectivity index (χ1) is 7.18. The molecule has 0 saturated heterocycles. The molecule has 1 aliphatic heterocycles. The third-order valence-corrected chi connectivity index (χ3v) is 3.76. The van der Waals surface area contributed by atoms with Gasteiger partial charge in [-0.25, -0.2) is 0 Å². The molecular weight excluding hydrogens is 322 g/mol. The van der Waals surface area contributed by atoms with Crippen molar-refractivity contribution < 1.29 is 0 Å². The van der Waals surface area contributed by atoms with E-state index in [2.05, 4.69) is 42.1 Å². The number of azo groups is 1. The molecule has 2 rings (SSSR count). The van der Waals surface area contributed by atoms with Crippen LogP contribution in [0, 0.1) is 0 Å². The number of hydrogen-bond donors (Lipinski definition) is 1. The second-order valence-corrected chi connectivity index (χ2v) is 5.25. The summed E-state index contributed by atoms with van der Waals surface area (Å²) < 4.78 is 1.82. The maximum absolute atomic E-state index is 5.83. The van der Waals surface area contributed by atoms with Gasteiger partial charge >= 0.3 is 0 Å². The maximum atomic E-state index is 5.83. The number of rotatable bonds is 1. The van der Waals surface area contributed by atoms with Crippen molar-refractivity contribution in [2.45, 2.75) is 18.9 Å². The molecule has 2 N–H and O–H groups in total. The molecule has 15 heavy (non-hydrogen) atoms. The monoisotopic (exact) mass is 331 g/mol. The summed E-state index contributed by atoms with van der Waals surface area (Å²) in [6.45, 7) is 0.855. The fourth-order valence-corrected chi connectivity index (χ4v) is 2.82. The molecule has 0 aromatic heterocycles. The highest BCUT2D eigenvalue weighted by Crippen LogP contribution is 2.35. The molecule has 1 unspecified atom stereocenters. The molecular formula is C10H11Br2N3. The summed E-state index contributed by atoms with van der Waals surface area (Å²) in [7, 11) is 0. The lowest BCUT2D eigenvalue weighted by Gasteiger charge is -2.16. The summed E-state index contributed by atoms with van der Waals surface area (Å²) in [6, 6.07) is 4.23. The van der Waals surface area contributed by atoms with Crippen molar-refractivity contribution in [3.63, 3.8) is 0 Å². The van der Waals surface area contributed by atoms with Crippen LogP contribution in [0.5, 0.6) is 0 Å². The Hall–Kier alpha value is -0.420. The van der Waals surface area contributed by atoms with E-state index in [1.54, 1.807) is 0 Å². The lowest BCUT2D eigenvalue weighted by molar-refractivity contribution is 0.530. The summed E-state index contributed by atoms with van der Waals surface area (Å²) in [4.78, 5) is 0. The van der Waals surface area contributed by atoms with Crippen molar-refractivity contribution in [2.24, 2.45) is 10.2 Å². The van der Waals surface area contributed by atoms with Gasteiger partial charge in [0.2, 0.25) is 0 Å². The topological polar surface area (TPSA) is 50.7 Å². The first-order valence-corrected chi connectivity index (χ1v) is 6.38. The molecule has 1 aromatic rings. The van der Waals surface area contributed by atoms with Crippen molar-refractivity contribution in [3.05, 3.63) is 26.6 Å². The third-order valence-electron chi connectivity index (χ3n) is 2.44. The number of nitrogens with zero attached hydrogens (tertiary/aromatic N) is 2. The average Bonchev–Trinajstić information content (AvgIpc) is 2.26. The molecule has 1 atom stereocenters. The maximum Gasteiger partial charge on any atom is 0.0959 e. The van der Waals surface area contributed by atoms with Crippen LogP contribution in [0.1, 0.15) is 24.4 Å². The van der Waals surface area contributed by atoms with Gasteiger partial charge in [0.1, 0.15) is 0 Å². The Morgan fingerprint density at radius 3 is 2.47 bits per heavy atom. The Morgan fingerprint density at radius 1 is 1.27 bits per heavy atom. The zero-order chi connectivity index (χ0) is 10.8. The van der Waals surface area contributed by atoms with Gasteiger partial charge in [0.15, 0.2) is 0 Å². The van der Waals surface area contributed by atoms with Gasteiger partial charge in [0.05, 0.1) is 18.3 Å². The van der Waals surface area contributed by atoms with E-state index < -0.39 is 0 Å². The van der Waals surface area contributed by atoms with E-state index >= 15 is 0 Å². The van der Waals surface area contributed by atoms with E-state index in [1.807, 2.05) is 12.1 Å². The Labute approximate surface area is 105 Å². The van der Waals surface area contributed by atoms with Crippen molar-refractivity contribution in [3.8, 4) is 0 Å². The molecule has 0 bridgehead atoms. The minimum Gasteiger partial charge on any atom is -0.397 e. The molecule has 0 radical (unpaired) electrons.